The van der Waals surface area contributed by atoms with Crippen LogP contribution < -0.4 is 19.8 Å². The second kappa shape index (κ2) is 9.88. The Hall–Kier alpha value is -2.99. The Bertz CT molecular complexity index is 1060. The van der Waals surface area contributed by atoms with Crippen LogP contribution >= 0.6 is 0 Å². The highest BCUT2D eigenvalue weighted by atomic mass is 16.5. The average Bonchev–Trinajstić information content (AvgIpc) is 2.71. The molecular formula is C25H32NO5+. The standard InChI is InChI=1S/C25H31NO5/c1-16(2)12-26(13-17(3)4)14-21-22(27)11-10-20-24(28)23(15-30-25(20)21)31-19-8-6-18(29-5)7-9-19/h6-11,15-17,27H,12-14H2,1-5H3/p+1. The number of phenolic OH excluding ortho intramolecular Hbond substituents is 1. The number of aromatic hydroxyl groups is 1. The molecule has 6 nitrogen and oxygen atoms in total. The number of rotatable bonds is 9. The molecular weight excluding hydrogens is 394 g/mol. The van der Waals surface area contributed by atoms with Gasteiger partial charge in [0.15, 0.2) is 5.58 Å². The van der Waals surface area contributed by atoms with E-state index in [0.717, 1.165) is 13.1 Å². The van der Waals surface area contributed by atoms with Gasteiger partial charge in [-0.3, -0.25) is 4.79 Å². The molecule has 0 atom stereocenters. The summed E-state index contributed by atoms with van der Waals surface area (Å²) in [7, 11) is 1.59. The molecule has 1 aromatic heterocycles. The van der Waals surface area contributed by atoms with Crippen LogP contribution in [0.15, 0.2) is 51.9 Å². The summed E-state index contributed by atoms with van der Waals surface area (Å²) in [6.07, 6.45) is 1.32. The maximum Gasteiger partial charge on any atom is 0.235 e. The first-order chi connectivity index (χ1) is 14.8. The van der Waals surface area contributed by atoms with Crippen molar-refractivity contribution in [3.63, 3.8) is 0 Å². The molecule has 0 aliphatic rings. The molecule has 0 bridgehead atoms. The second-order valence-electron chi connectivity index (χ2n) is 8.77. The highest BCUT2D eigenvalue weighted by Gasteiger charge is 2.21. The molecule has 166 valence electrons. The average molecular weight is 427 g/mol. The van der Waals surface area contributed by atoms with Crippen molar-refractivity contribution < 1.29 is 23.9 Å². The Balaban J connectivity index is 1.95. The summed E-state index contributed by atoms with van der Waals surface area (Å²) in [6.45, 7) is 11.3. The van der Waals surface area contributed by atoms with Gasteiger partial charge >= 0.3 is 0 Å². The number of phenols is 1. The number of methoxy groups -OCH3 is 1. The van der Waals surface area contributed by atoms with Gasteiger partial charge < -0.3 is 23.9 Å². The Morgan fingerprint density at radius 1 is 0.968 bits per heavy atom. The van der Waals surface area contributed by atoms with Gasteiger partial charge in [0.25, 0.3) is 0 Å². The van der Waals surface area contributed by atoms with Gasteiger partial charge in [-0.15, -0.1) is 0 Å². The van der Waals surface area contributed by atoms with Crippen molar-refractivity contribution in [1.82, 2.24) is 0 Å². The minimum Gasteiger partial charge on any atom is -0.507 e. The zero-order chi connectivity index (χ0) is 22.5. The number of hydrogen-bond acceptors (Lipinski definition) is 5. The maximum absolute atomic E-state index is 13.1. The van der Waals surface area contributed by atoms with Gasteiger partial charge in [-0.25, -0.2) is 0 Å². The van der Waals surface area contributed by atoms with Crippen LogP contribution in [0.3, 0.4) is 0 Å². The molecule has 1 heterocycles. The van der Waals surface area contributed by atoms with Crippen LogP contribution in [0, 0.1) is 11.8 Å². The lowest BCUT2D eigenvalue weighted by Gasteiger charge is -2.24. The third kappa shape index (κ3) is 5.58. The van der Waals surface area contributed by atoms with E-state index in [1.165, 1.54) is 11.2 Å². The smallest absolute Gasteiger partial charge is 0.235 e. The van der Waals surface area contributed by atoms with E-state index >= 15 is 0 Å². The lowest BCUT2D eigenvalue weighted by molar-refractivity contribution is -0.919. The fourth-order valence-corrected chi connectivity index (χ4v) is 3.87. The van der Waals surface area contributed by atoms with E-state index in [1.807, 2.05) is 0 Å². The molecule has 0 amide bonds. The van der Waals surface area contributed by atoms with Crippen molar-refractivity contribution in [1.29, 1.82) is 0 Å². The highest BCUT2D eigenvalue weighted by Crippen LogP contribution is 2.28. The fraction of sp³-hybridized carbons (Fsp3) is 0.400. The van der Waals surface area contributed by atoms with Crippen molar-refractivity contribution in [2.75, 3.05) is 20.2 Å². The van der Waals surface area contributed by atoms with Crippen LogP contribution in [0.4, 0.5) is 0 Å². The van der Waals surface area contributed by atoms with Crippen molar-refractivity contribution >= 4 is 11.0 Å². The van der Waals surface area contributed by atoms with Crippen LogP contribution in [-0.4, -0.2) is 25.3 Å². The predicted molar refractivity (Wildman–Crippen MR) is 121 cm³/mol. The Kier molecular flexibility index (Phi) is 7.23. The third-order valence-electron chi connectivity index (χ3n) is 5.10. The molecule has 0 radical (unpaired) electrons. The molecule has 6 heteroatoms. The number of nitrogens with one attached hydrogen (secondary N) is 1. The summed E-state index contributed by atoms with van der Waals surface area (Å²) in [5, 5.41) is 10.9. The number of benzene rings is 2. The summed E-state index contributed by atoms with van der Waals surface area (Å²) < 4.78 is 16.7. The predicted octanol–water partition coefficient (Wildman–Crippen LogP) is 4.00. The van der Waals surface area contributed by atoms with E-state index in [-0.39, 0.29) is 16.9 Å². The lowest BCUT2D eigenvalue weighted by atomic mass is 10.1. The summed E-state index contributed by atoms with van der Waals surface area (Å²) in [4.78, 5) is 14.4. The monoisotopic (exact) mass is 426 g/mol. The summed E-state index contributed by atoms with van der Waals surface area (Å²) in [5.41, 5.74) is 0.798. The van der Waals surface area contributed by atoms with Crippen LogP contribution in [0.2, 0.25) is 0 Å². The molecule has 0 saturated heterocycles. The molecule has 0 spiro atoms. The molecule has 3 aromatic rings. The topological polar surface area (TPSA) is 73.3 Å². The van der Waals surface area contributed by atoms with Crippen LogP contribution in [0.1, 0.15) is 33.3 Å². The molecule has 0 unspecified atom stereocenters. The number of ether oxygens (including phenoxy) is 2. The van der Waals surface area contributed by atoms with Gasteiger partial charge in [-0.05, 0) is 36.4 Å². The normalized spacial score (nSPS) is 11.6. The lowest BCUT2D eigenvalue weighted by Crippen LogP contribution is -3.11. The number of quaternary nitrogens is 1. The first-order valence-corrected chi connectivity index (χ1v) is 10.7. The minimum atomic E-state index is -0.271. The van der Waals surface area contributed by atoms with E-state index in [0.29, 0.717) is 46.4 Å². The van der Waals surface area contributed by atoms with E-state index in [1.54, 1.807) is 43.5 Å². The summed E-state index contributed by atoms with van der Waals surface area (Å²) in [5.74, 6) is 2.49. The van der Waals surface area contributed by atoms with Gasteiger partial charge in [0.2, 0.25) is 11.2 Å². The molecule has 2 N–H and O–H groups in total. The second-order valence-corrected chi connectivity index (χ2v) is 8.77. The third-order valence-corrected chi connectivity index (χ3v) is 5.10. The highest BCUT2D eigenvalue weighted by molar-refractivity contribution is 5.82. The number of fused-ring (bicyclic) bond motifs is 1. The first kappa shape index (κ1) is 22.7. The van der Waals surface area contributed by atoms with Gasteiger partial charge in [-0.1, -0.05) is 27.7 Å². The molecule has 0 fully saturated rings. The molecule has 2 aromatic carbocycles. The van der Waals surface area contributed by atoms with E-state index in [4.69, 9.17) is 13.9 Å². The maximum atomic E-state index is 13.1. The zero-order valence-corrected chi connectivity index (χ0v) is 18.9. The van der Waals surface area contributed by atoms with Crippen molar-refractivity contribution in [2.24, 2.45) is 11.8 Å². The van der Waals surface area contributed by atoms with E-state index in [9.17, 15) is 9.90 Å². The Labute approximate surface area is 183 Å². The fourth-order valence-electron chi connectivity index (χ4n) is 3.87. The molecule has 0 saturated carbocycles. The van der Waals surface area contributed by atoms with Crippen LogP contribution in [0.25, 0.3) is 11.0 Å². The molecule has 0 aliphatic carbocycles. The Morgan fingerprint density at radius 3 is 2.16 bits per heavy atom. The van der Waals surface area contributed by atoms with Gasteiger partial charge in [0.1, 0.15) is 30.1 Å². The van der Waals surface area contributed by atoms with Gasteiger partial charge in [0.05, 0.1) is 31.1 Å². The number of hydrogen-bond donors (Lipinski definition) is 2. The zero-order valence-electron chi connectivity index (χ0n) is 18.9. The molecule has 31 heavy (non-hydrogen) atoms. The summed E-state index contributed by atoms with van der Waals surface area (Å²) >= 11 is 0. The van der Waals surface area contributed by atoms with E-state index in [2.05, 4.69) is 27.7 Å². The Morgan fingerprint density at radius 2 is 1.58 bits per heavy atom. The van der Waals surface area contributed by atoms with Crippen molar-refractivity contribution in [3.05, 3.63) is 58.4 Å². The SMILES string of the molecule is COc1ccc(Oc2coc3c(C[NH+](CC(C)C)CC(C)C)c(O)ccc3c2=O)cc1. The van der Waals surface area contributed by atoms with Gasteiger partial charge in [-0.2, -0.15) is 0 Å². The summed E-state index contributed by atoms with van der Waals surface area (Å²) in [6, 6.07) is 10.1. The molecule has 0 aliphatic heterocycles. The largest absolute Gasteiger partial charge is 0.507 e. The first-order valence-electron chi connectivity index (χ1n) is 10.7. The molecule has 3 rings (SSSR count). The van der Waals surface area contributed by atoms with Crippen LogP contribution in [0.5, 0.6) is 23.0 Å². The quantitative estimate of drug-likeness (QED) is 0.541. The van der Waals surface area contributed by atoms with Crippen molar-refractivity contribution in [3.8, 4) is 23.0 Å². The van der Waals surface area contributed by atoms with E-state index < -0.39 is 0 Å². The van der Waals surface area contributed by atoms with Crippen molar-refractivity contribution in [2.45, 2.75) is 34.2 Å². The van der Waals surface area contributed by atoms with Crippen LogP contribution in [-0.2, 0) is 6.54 Å². The minimum absolute atomic E-state index is 0.0999. The van der Waals surface area contributed by atoms with Gasteiger partial charge in [0, 0.05) is 11.8 Å².